The van der Waals surface area contributed by atoms with Gasteiger partial charge in [-0.2, -0.15) is 0 Å². The molecule has 2 amide bonds. The van der Waals surface area contributed by atoms with Gasteiger partial charge in [0.2, 0.25) is 11.8 Å². The van der Waals surface area contributed by atoms with Crippen molar-refractivity contribution in [1.82, 2.24) is 10.6 Å². The highest BCUT2D eigenvalue weighted by Gasteiger charge is 2.39. The molecule has 0 saturated carbocycles. The van der Waals surface area contributed by atoms with Crippen LogP contribution in [0.15, 0.2) is 24.3 Å². The normalized spacial score (nSPS) is 27.5. The van der Waals surface area contributed by atoms with Crippen molar-refractivity contribution in [2.45, 2.75) is 43.9 Å². The topological polar surface area (TPSA) is 58.2 Å². The van der Waals surface area contributed by atoms with E-state index in [1.165, 1.54) is 18.4 Å². The Morgan fingerprint density at radius 1 is 1.10 bits per heavy atom. The Morgan fingerprint density at radius 2 is 1.76 bits per heavy atom. The van der Waals surface area contributed by atoms with Crippen molar-refractivity contribution < 1.29 is 9.59 Å². The summed E-state index contributed by atoms with van der Waals surface area (Å²) in [6, 6.07) is 8.43. The number of piperidine rings is 2. The maximum absolute atomic E-state index is 12.2. The lowest BCUT2D eigenvalue weighted by atomic mass is 9.75. The van der Waals surface area contributed by atoms with Gasteiger partial charge in [0.25, 0.3) is 0 Å². The van der Waals surface area contributed by atoms with E-state index in [0.29, 0.717) is 18.8 Å². The van der Waals surface area contributed by atoms with Gasteiger partial charge < -0.3 is 5.32 Å². The van der Waals surface area contributed by atoms with E-state index in [1.54, 1.807) is 0 Å². The Hall–Kier alpha value is -1.68. The van der Waals surface area contributed by atoms with Crippen molar-refractivity contribution in [1.29, 1.82) is 0 Å². The number of nitrogens with one attached hydrogen (secondary N) is 2. The fraction of sp³-hybridized carbons (Fsp3) is 0.529. The predicted octanol–water partition coefficient (Wildman–Crippen LogP) is 1.85. The summed E-state index contributed by atoms with van der Waals surface area (Å²) in [5.41, 5.74) is 1.78. The number of imide groups is 1. The lowest BCUT2D eigenvalue weighted by Gasteiger charge is -2.32. The van der Waals surface area contributed by atoms with Crippen molar-refractivity contribution in [2.24, 2.45) is 0 Å². The van der Waals surface area contributed by atoms with Crippen LogP contribution in [-0.2, 0) is 15.0 Å². The molecule has 2 aliphatic rings. The molecule has 0 spiro atoms. The van der Waals surface area contributed by atoms with E-state index in [9.17, 15) is 9.59 Å². The van der Waals surface area contributed by atoms with E-state index in [4.69, 9.17) is 0 Å². The van der Waals surface area contributed by atoms with Crippen molar-refractivity contribution in [2.75, 3.05) is 13.1 Å². The SMILES string of the molecule is C[C@]1(c2ccc(C3CCNCC3)cc2)CCC(=O)NC1=O. The number of hydrogen-bond acceptors (Lipinski definition) is 3. The summed E-state index contributed by atoms with van der Waals surface area (Å²) < 4.78 is 0. The van der Waals surface area contributed by atoms with Crippen LogP contribution in [0, 0.1) is 0 Å². The molecule has 2 fully saturated rings. The third-order valence-corrected chi connectivity index (χ3v) is 4.96. The fourth-order valence-electron chi connectivity index (χ4n) is 3.36. The van der Waals surface area contributed by atoms with Gasteiger partial charge in [-0.15, -0.1) is 0 Å². The molecule has 2 N–H and O–H groups in total. The molecular formula is C17H22N2O2. The fourth-order valence-corrected chi connectivity index (χ4v) is 3.36. The average molecular weight is 286 g/mol. The first-order valence-electron chi connectivity index (χ1n) is 7.75. The molecule has 1 atom stereocenters. The monoisotopic (exact) mass is 286 g/mol. The minimum absolute atomic E-state index is 0.163. The molecule has 4 nitrogen and oxygen atoms in total. The van der Waals surface area contributed by atoms with Crippen LogP contribution in [-0.4, -0.2) is 24.9 Å². The van der Waals surface area contributed by atoms with Gasteiger partial charge in [-0.1, -0.05) is 24.3 Å². The first-order valence-corrected chi connectivity index (χ1v) is 7.75. The van der Waals surface area contributed by atoms with Gasteiger partial charge in [0, 0.05) is 6.42 Å². The Labute approximate surface area is 125 Å². The Kier molecular flexibility index (Phi) is 3.81. The number of benzene rings is 1. The van der Waals surface area contributed by atoms with E-state index < -0.39 is 5.41 Å². The zero-order chi connectivity index (χ0) is 14.9. The molecule has 2 aliphatic heterocycles. The number of amides is 2. The lowest BCUT2D eigenvalue weighted by molar-refractivity contribution is -0.137. The van der Waals surface area contributed by atoms with Gasteiger partial charge in [-0.25, -0.2) is 0 Å². The van der Waals surface area contributed by atoms with E-state index in [-0.39, 0.29) is 11.8 Å². The molecule has 3 rings (SSSR count). The quantitative estimate of drug-likeness (QED) is 0.816. The van der Waals surface area contributed by atoms with Crippen molar-refractivity contribution in [3.05, 3.63) is 35.4 Å². The zero-order valence-electron chi connectivity index (χ0n) is 12.4. The summed E-state index contributed by atoms with van der Waals surface area (Å²) in [7, 11) is 0. The predicted molar refractivity (Wildman–Crippen MR) is 81.0 cm³/mol. The third-order valence-electron chi connectivity index (χ3n) is 4.96. The van der Waals surface area contributed by atoms with Crippen molar-refractivity contribution in [3.8, 4) is 0 Å². The van der Waals surface area contributed by atoms with E-state index in [2.05, 4.69) is 34.9 Å². The number of carbonyl (C=O) groups excluding carboxylic acids is 2. The number of hydrogen-bond donors (Lipinski definition) is 2. The second-order valence-corrected chi connectivity index (χ2v) is 6.36. The van der Waals surface area contributed by atoms with E-state index >= 15 is 0 Å². The van der Waals surface area contributed by atoms with Crippen molar-refractivity contribution >= 4 is 11.8 Å². The molecule has 0 unspecified atom stereocenters. The molecule has 2 saturated heterocycles. The van der Waals surface area contributed by atoms with E-state index in [0.717, 1.165) is 18.7 Å². The Balaban J connectivity index is 1.80. The molecule has 0 aliphatic carbocycles. The molecule has 4 heteroatoms. The summed E-state index contributed by atoms with van der Waals surface area (Å²) in [5.74, 6) is 0.284. The van der Waals surface area contributed by atoms with Crippen LogP contribution >= 0.6 is 0 Å². The smallest absolute Gasteiger partial charge is 0.236 e. The first kappa shape index (κ1) is 14.3. The Morgan fingerprint density at radius 3 is 2.38 bits per heavy atom. The maximum atomic E-state index is 12.2. The summed E-state index contributed by atoms with van der Waals surface area (Å²) in [6.07, 6.45) is 3.35. The minimum Gasteiger partial charge on any atom is -0.317 e. The summed E-state index contributed by atoms with van der Waals surface area (Å²) in [5, 5.41) is 5.84. The molecule has 0 radical (unpaired) electrons. The van der Waals surface area contributed by atoms with E-state index in [1.807, 2.05) is 6.92 Å². The summed E-state index contributed by atoms with van der Waals surface area (Å²) in [4.78, 5) is 23.5. The number of carbonyl (C=O) groups is 2. The van der Waals surface area contributed by atoms with Crippen LogP contribution in [0.2, 0.25) is 0 Å². The van der Waals surface area contributed by atoms with Gasteiger partial charge >= 0.3 is 0 Å². The highest BCUT2D eigenvalue weighted by atomic mass is 16.2. The largest absolute Gasteiger partial charge is 0.317 e. The molecule has 1 aromatic rings. The van der Waals surface area contributed by atoms with Crippen molar-refractivity contribution in [3.63, 3.8) is 0 Å². The van der Waals surface area contributed by atoms with Crippen LogP contribution in [0.4, 0.5) is 0 Å². The van der Waals surface area contributed by atoms with Crippen LogP contribution in [0.25, 0.3) is 0 Å². The van der Waals surface area contributed by atoms with Gasteiger partial charge in [0.05, 0.1) is 5.41 Å². The average Bonchev–Trinajstić information content (AvgIpc) is 2.52. The lowest BCUT2D eigenvalue weighted by Crippen LogP contribution is -2.49. The van der Waals surface area contributed by atoms with Gasteiger partial charge in [-0.3, -0.25) is 14.9 Å². The molecule has 0 bridgehead atoms. The summed E-state index contributed by atoms with van der Waals surface area (Å²) in [6.45, 7) is 4.08. The molecule has 0 aromatic heterocycles. The maximum Gasteiger partial charge on any atom is 0.236 e. The van der Waals surface area contributed by atoms with Crippen LogP contribution in [0.5, 0.6) is 0 Å². The van der Waals surface area contributed by atoms with Gasteiger partial charge in [0.1, 0.15) is 0 Å². The van der Waals surface area contributed by atoms with Crippen LogP contribution in [0.1, 0.15) is 49.7 Å². The first-order chi connectivity index (χ1) is 10.1. The molecule has 2 heterocycles. The molecule has 21 heavy (non-hydrogen) atoms. The molecular weight excluding hydrogens is 264 g/mol. The second-order valence-electron chi connectivity index (χ2n) is 6.36. The highest BCUT2D eigenvalue weighted by molar-refractivity contribution is 6.03. The Bertz CT molecular complexity index is 546. The van der Waals surface area contributed by atoms with Gasteiger partial charge in [-0.05, 0) is 56.3 Å². The third kappa shape index (κ3) is 2.72. The van der Waals surface area contributed by atoms with Gasteiger partial charge in [0.15, 0.2) is 0 Å². The molecule has 112 valence electrons. The number of rotatable bonds is 2. The second kappa shape index (κ2) is 5.60. The highest BCUT2D eigenvalue weighted by Crippen LogP contribution is 2.33. The molecule has 1 aromatic carbocycles. The standard InChI is InChI=1S/C17H22N2O2/c1-17(9-6-15(20)19-16(17)21)14-4-2-12(3-5-14)13-7-10-18-11-8-13/h2-5,13,18H,6-11H2,1H3,(H,19,20,21)/t17-/m1/s1. The summed E-state index contributed by atoms with van der Waals surface area (Å²) >= 11 is 0. The van der Waals surface area contributed by atoms with Crippen LogP contribution in [0.3, 0.4) is 0 Å². The zero-order valence-corrected chi connectivity index (χ0v) is 12.4. The van der Waals surface area contributed by atoms with Crippen LogP contribution < -0.4 is 10.6 Å². The minimum atomic E-state index is -0.583.